The molecule has 6 heteroatoms. The van der Waals surface area contributed by atoms with Crippen molar-refractivity contribution >= 4 is 5.91 Å². The van der Waals surface area contributed by atoms with Crippen molar-refractivity contribution in [2.75, 3.05) is 39.3 Å². The largest absolute Gasteiger partial charge is 0.492 e. The lowest BCUT2D eigenvalue weighted by Gasteiger charge is -2.34. The molecule has 1 aromatic carbocycles. The van der Waals surface area contributed by atoms with Gasteiger partial charge in [0.25, 0.3) is 11.5 Å². The molecular weight excluding hydrogens is 342 g/mol. The van der Waals surface area contributed by atoms with Crippen molar-refractivity contribution in [2.24, 2.45) is 7.05 Å². The molecular formula is C21H27N3O3. The van der Waals surface area contributed by atoms with E-state index in [9.17, 15) is 9.59 Å². The molecule has 1 amide bonds. The van der Waals surface area contributed by atoms with Crippen LogP contribution in [0.3, 0.4) is 0 Å². The second kappa shape index (κ2) is 8.39. The summed E-state index contributed by atoms with van der Waals surface area (Å²) in [4.78, 5) is 29.5. The first-order chi connectivity index (χ1) is 13.0. The van der Waals surface area contributed by atoms with Gasteiger partial charge in [-0.05, 0) is 37.6 Å². The summed E-state index contributed by atoms with van der Waals surface area (Å²) in [5, 5.41) is 0. The Balaban J connectivity index is 1.54. The number of piperazine rings is 1. The number of rotatable bonds is 5. The third kappa shape index (κ3) is 4.39. The van der Waals surface area contributed by atoms with E-state index in [4.69, 9.17) is 4.74 Å². The second-order valence-corrected chi connectivity index (χ2v) is 7.00. The Labute approximate surface area is 160 Å². The SMILES string of the molecule is Cc1cc(C)n(C)c(=O)c1C(=O)N1CCN(CCOc2ccccc2)CC1. The van der Waals surface area contributed by atoms with Crippen molar-refractivity contribution in [3.05, 3.63) is 63.6 Å². The van der Waals surface area contributed by atoms with Gasteiger partial charge in [0.2, 0.25) is 0 Å². The lowest BCUT2D eigenvalue weighted by molar-refractivity contribution is 0.0617. The predicted molar refractivity (Wildman–Crippen MR) is 105 cm³/mol. The lowest BCUT2D eigenvalue weighted by atomic mass is 10.1. The molecule has 1 aromatic heterocycles. The molecule has 27 heavy (non-hydrogen) atoms. The van der Waals surface area contributed by atoms with Crippen LogP contribution in [0.5, 0.6) is 5.75 Å². The van der Waals surface area contributed by atoms with E-state index in [-0.39, 0.29) is 11.5 Å². The van der Waals surface area contributed by atoms with Crippen molar-refractivity contribution in [3.8, 4) is 5.75 Å². The standard InChI is InChI=1S/C21H27N3O3/c1-16-15-17(2)22(3)20(25)19(16)21(26)24-11-9-23(10-12-24)13-14-27-18-7-5-4-6-8-18/h4-8,15H,9-14H2,1-3H3. The summed E-state index contributed by atoms with van der Waals surface area (Å²) < 4.78 is 7.28. The van der Waals surface area contributed by atoms with E-state index in [1.807, 2.05) is 50.2 Å². The van der Waals surface area contributed by atoms with E-state index in [0.29, 0.717) is 25.3 Å². The van der Waals surface area contributed by atoms with E-state index in [2.05, 4.69) is 4.90 Å². The van der Waals surface area contributed by atoms with Gasteiger partial charge in [0.15, 0.2) is 0 Å². The molecule has 1 aliphatic heterocycles. The molecule has 0 bridgehead atoms. The maximum absolute atomic E-state index is 12.9. The molecule has 0 unspecified atom stereocenters. The van der Waals surface area contributed by atoms with E-state index < -0.39 is 0 Å². The minimum absolute atomic E-state index is 0.159. The van der Waals surface area contributed by atoms with Crippen LogP contribution in [0.1, 0.15) is 21.6 Å². The second-order valence-electron chi connectivity index (χ2n) is 7.00. The number of hydrogen-bond acceptors (Lipinski definition) is 4. The Morgan fingerprint density at radius 1 is 1.07 bits per heavy atom. The van der Waals surface area contributed by atoms with Crippen LogP contribution in [-0.2, 0) is 7.05 Å². The number of amides is 1. The number of benzene rings is 1. The third-order valence-electron chi connectivity index (χ3n) is 5.16. The van der Waals surface area contributed by atoms with Crippen molar-refractivity contribution in [1.29, 1.82) is 0 Å². The van der Waals surface area contributed by atoms with Gasteiger partial charge in [0.05, 0.1) is 0 Å². The van der Waals surface area contributed by atoms with E-state index in [1.165, 1.54) is 4.57 Å². The number of pyridine rings is 1. The zero-order valence-corrected chi connectivity index (χ0v) is 16.3. The van der Waals surface area contributed by atoms with Crippen molar-refractivity contribution in [2.45, 2.75) is 13.8 Å². The fourth-order valence-corrected chi connectivity index (χ4v) is 3.38. The van der Waals surface area contributed by atoms with Crippen molar-refractivity contribution < 1.29 is 9.53 Å². The maximum Gasteiger partial charge on any atom is 0.263 e. The van der Waals surface area contributed by atoms with Crippen LogP contribution < -0.4 is 10.3 Å². The van der Waals surface area contributed by atoms with Gasteiger partial charge in [-0.1, -0.05) is 18.2 Å². The highest BCUT2D eigenvalue weighted by atomic mass is 16.5. The highest BCUT2D eigenvalue weighted by Gasteiger charge is 2.25. The lowest BCUT2D eigenvalue weighted by Crippen LogP contribution is -2.50. The Kier molecular flexibility index (Phi) is 5.96. The molecule has 2 heterocycles. The Hall–Kier alpha value is -2.60. The summed E-state index contributed by atoms with van der Waals surface area (Å²) in [6.07, 6.45) is 0. The number of nitrogens with zero attached hydrogens (tertiary/aromatic N) is 3. The molecule has 0 atom stereocenters. The van der Waals surface area contributed by atoms with Crippen LogP contribution in [0.25, 0.3) is 0 Å². The monoisotopic (exact) mass is 369 g/mol. The Morgan fingerprint density at radius 3 is 2.41 bits per heavy atom. The third-order valence-corrected chi connectivity index (χ3v) is 5.16. The highest BCUT2D eigenvalue weighted by Crippen LogP contribution is 2.12. The highest BCUT2D eigenvalue weighted by molar-refractivity contribution is 5.95. The van der Waals surface area contributed by atoms with Crippen LogP contribution in [0.4, 0.5) is 0 Å². The molecule has 0 spiro atoms. The summed E-state index contributed by atoms with van der Waals surface area (Å²) in [6, 6.07) is 11.7. The first-order valence-corrected chi connectivity index (χ1v) is 9.34. The molecule has 1 saturated heterocycles. The number of para-hydroxylation sites is 1. The summed E-state index contributed by atoms with van der Waals surface area (Å²) >= 11 is 0. The molecule has 0 radical (unpaired) electrons. The van der Waals surface area contributed by atoms with Gasteiger partial charge in [-0.3, -0.25) is 14.5 Å². The predicted octanol–water partition coefficient (Wildman–Crippen LogP) is 1.84. The number of aromatic nitrogens is 1. The van der Waals surface area contributed by atoms with Gasteiger partial charge in [0, 0.05) is 45.5 Å². The molecule has 1 fully saturated rings. The molecule has 3 rings (SSSR count). The zero-order valence-electron chi connectivity index (χ0n) is 16.3. The summed E-state index contributed by atoms with van der Waals surface area (Å²) in [5.74, 6) is 0.713. The average Bonchev–Trinajstić information content (AvgIpc) is 2.67. The topological polar surface area (TPSA) is 54.8 Å². The van der Waals surface area contributed by atoms with Gasteiger partial charge < -0.3 is 14.2 Å². The Morgan fingerprint density at radius 2 is 1.74 bits per heavy atom. The first kappa shape index (κ1) is 19.2. The minimum atomic E-state index is -0.212. The molecule has 0 aliphatic carbocycles. The smallest absolute Gasteiger partial charge is 0.263 e. The molecule has 6 nitrogen and oxygen atoms in total. The number of carbonyl (C=O) groups excluding carboxylic acids is 1. The molecule has 144 valence electrons. The number of ether oxygens (including phenoxy) is 1. The quantitative estimate of drug-likeness (QED) is 0.807. The fraction of sp³-hybridized carbons (Fsp3) is 0.429. The van der Waals surface area contributed by atoms with Crippen LogP contribution in [0.15, 0.2) is 41.2 Å². The molecule has 0 N–H and O–H groups in total. The molecule has 1 aliphatic rings. The van der Waals surface area contributed by atoms with Gasteiger partial charge >= 0.3 is 0 Å². The zero-order chi connectivity index (χ0) is 19.4. The van der Waals surface area contributed by atoms with Gasteiger partial charge in [-0.25, -0.2) is 0 Å². The number of aryl methyl sites for hydroxylation is 2. The summed E-state index contributed by atoms with van der Waals surface area (Å²) in [5.41, 5.74) is 1.69. The average molecular weight is 369 g/mol. The van der Waals surface area contributed by atoms with Crippen LogP contribution in [0.2, 0.25) is 0 Å². The Bertz CT molecular complexity index is 853. The van der Waals surface area contributed by atoms with E-state index in [1.54, 1.807) is 11.9 Å². The number of carbonyl (C=O) groups is 1. The molecule has 0 saturated carbocycles. The van der Waals surface area contributed by atoms with E-state index in [0.717, 1.165) is 36.6 Å². The van der Waals surface area contributed by atoms with Crippen molar-refractivity contribution in [3.63, 3.8) is 0 Å². The van der Waals surface area contributed by atoms with Gasteiger partial charge in [-0.2, -0.15) is 0 Å². The van der Waals surface area contributed by atoms with Gasteiger partial charge in [-0.15, -0.1) is 0 Å². The normalized spacial score (nSPS) is 15.0. The van der Waals surface area contributed by atoms with Crippen LogP contribution >= 0.6 is 0 Å². The summed E-state index contributed by atoms with van der Waals surface area (Å²) in [6.45, 7) is 7.97. The van der Waals surface area contributed by atoms with Gasteiger partial charge in [0.1, 0.15) is 17.9 Å². The summed E-state index contributed by atoms with van der Waals surface area (Å²) in [7, 11) is 1.71. The number of hydrogen-bond donors (Lipinski definition) is 0. The van der Waals surface area contributed by atoms with Crippen molar-refractivity contribution in [1.82, 2.24) is 14.4 Å². The maximum atomic E-state index is 12.9. The molecule has 2 aromatic rings. The van der Waals surface area contributed by atoms with Crippen LogP contribution in [-0.4, -0.2) is 59.6 Å². The fourth-order valence-electron chi connectivity index (χ4n) is 3.38. The minimum Gasteiger partial charge on any atom is -0.492 e. The first-order valence-electron chi connectivity index (χ1n) is 9.34. The van der Waals surface area contributed by atoms with Crippen LogP contribution in [0, 0.1) is 13.8 Å². The van der Waals surface area contributed by atoms with E-state index >= 15 is 0 Å².